The maximum Gasteiger partial charge on any atom is 0.319 e. The Kier molecular flexibility index (Phi) is 5.58. The lowest BCUT2D eigenvalue weighted by molar-refractivity contribution is 0.252. The number of hydrogen-bond donors (Lipinski definition) is 2. The molecule has 0 bridgehead atoms. The van der Waals surface area contributed by atoms with Gasteiger partial charge in [-0.2, -0.15) is 0 Å². The summed E-state index contributed by atoms with van der Waals surface area (Å²) >= 11 is 0. The lowest BCUT2D eigenvalue weighted by atomic mass is 10.2. The van der Waals surface area contributed by atoms with Gasteiger partial charge < -0.3 is 15.4 Å². The van der Waals surface area contributed by atoms with Gasteiger partial charge in [-0.15, -0.1) is 0 Å². The highest BCUT2D eigenvalue weighted by Gasteiger charge is 2.24. The summed E-state index contributed by atoms with van der Waals surface area (Å²) in [6, 6.07) is 6.69. The van der Waals surface area contributed by atoms with Crippen LogP contribution in [0.4, 0.5) is 10.5 Å². The molecule has 1 aliphatic heterocycles. The predicted octanol–water partition coefficient (Wildman–Crippen LogP) is 1.79. The third kappa shape index (κ3) is 4.23. The minimum atomic E-state index is -3.32. The highest BCUT2D eigenvalue weighted by atomic mass is 32.2. The quantitative estimate of drug-likeness (QED) is 0.798. The number of nitrogens with zero attached hydrogens (tertiary/aromatic N) is 2. The molecule has 26 heavy (non-hydrogen) atoms. The van der Waals surface area contributed by atoms with Crippen molar-refractivity contribution in [3.63, 3.8) is 0 Å². The van der Waals surface area contributed by atoms with Gasteiger partial charge >= 0.3 is 6.03 Å². The van der Waals surface area contributed by atoms with E-state index >= 15 is 0 Å². The van der Waals surface area contributed by atoms with Crippen molar-refractivity contribution in [1.29, 1.82) is 0 Å². The van der Waals surface area contributed by atoms with Crippen LogP contribution < -0.4 is 15.4 Å². The Labute approximate surface area is 152 Å². The molecule has 1 aromatic heterocycles. The van der Waals surface area contributed by atoms with Crippen LogP contribution in [0.2, 0.25) is 0 Å². The number of aromatic nitrogens is 1. The summed E-state index contributed by atoms with van der Waals surface area (Å²) in [5.41, 5.74) is 1.13. The molecule has 0 radical (unpaired) electrons. The molecule has 2 N–H and O–H groups in total. The van der Waals surface area contributed by atoms with E-state index in [-0.39, 0.29) is 12.3 Å². The van der Waals surface area contributed by atoms with E-state index in [4.69, 9.17) is 4.74 Å². The van der Waals surface area contributed by atoms with Crippen LogP contribution in [0.25, 0.3) is 10.9 Å². The second-order valence-corrected chi connectivity index (χ2v) is 8.14. The first-order chi connectivity index (χ1) is 12.5. The summed E-state index contributed by atoms with van der Waals surface area (Å²) in [5, 5.41) is 6.14. The van der Waals surface area contributed by atoms with E-state index in [1.54, 1.807) is 25.4 Å². The maximum absolute atomic E-state index is 12.2. The largest absolute Gasteiger partial charge is 0.497 e. The molecule has 2 aromatic rings. The predicted molar refractivity (Wildman–Crippen MR) is 99.9 cm³/mol. The van der Waals surface area contributed by atoms with E-state index in [9.17, 15) is 13.2 Å². The smallest absolute Gasteiger partial charge is 0.319 e. The zero-order valence-electron chi connectivity index (χ0n) is 14.6. The number of carbonyl (C=O) groups excluding carboxylic acids is 1. The SMILES string of the molecule is COc1cc(NC(=O)NCCS(=O)(=O)N2CCCC2)c2ncccc2c1. The Morgan fingerprint density at radius 3 is 2.81 bits per heavy atom. The molecule has 3 rings (SSSR count). The minimum Gasteiger partial charge on any atom is -0.497 e. The molecule has 1 aliphatic rings. The summed E-state index contributed by atoms with van der Waals surface area (Å²) in [6.45, 7) is 1.17. The lowest BCUT2D eigenvalue weighted by Gasteiger charge is -2.16. The van der Waals surface area contributed by atoms with Gasteiger partial charge in [0.2, 0.25) is 10.0 Å². The number of rotatable bonds is 6. The number of methoxy groups -OCH3 is 1. The Bertz CT molecular complexity index is 895. The fourth-order valence-corrected chi connectivity index (χ4v) is 4.37. The van der Waals surface area contributed by atoms with Gasteiger partial charge in [-0.25, -0.2) is 17.5 Å². The molecule has 1 aromatic carbocycles. The van der Waals surface area contributed by atoms with Crippen LogP contribution >= 0.6 is 0 Å². The van der Waals surface area contributed by atoms with Crippen LogP contribution in [0.15, 0.2) is 30.5 Å². The van der Waals surface area contributed by atoms with Crippen molar-refractivity contribution in [2.45, 2.75) is 12.8 Å². The van der Waals surface area contributed by atoms with Crippen LogP contribution in [-0.2, 0) is 10.0 Å². The van der Waals surface area contributed by atoms with E-state index in [2.05, 4.69) is 15.6 Å². The highest BCUT2D eigenvalue weighted by molar-refractivity contribution is 7.89. The Hall–Kier alpha value is -2.39. The van der Waals surface area contributed by atoms with Crippen molar-refractivity contribution in [1.82, 2.24) is 14.6 Å². The van der Waals surface area contributed by atoms with E-state index in [0.717, 1.165) is 18.2 Å². The van der Waals surface area contributed by atoms with E-state index < -0.39 is 16.1 Å². The van der Waals surface area contributed by atoms with Gasteiger partial charge in [-0.3, -0.25) is 4.98 Å². The Balaban J connectivity index is 1.62. The van der Waals surface area contributed by atoms with Gasteiger partial charge in [0.1, 0.15) is 5.75 Å². The zero-order valence-corrected chi connectivity index (χ0v) is 15.4. The molecule has 2 amide bonds. The topological polar surface area (TPSA) is 101 Å². The van der Waals surface area contributed by atoms with Crippen LogP contribution in [0.5, 0.6) is 5.75 Å². The average Bonchev–Trinajstić information content (AvgIpc) is 3.17. The van der Waals surface area contributed by atoms with Crippen molar-refractivity contribution < 1.29 is 17.9 Å². The summed E-state index contributed by atoms with van der Waals surface area (Å²) < 4.78 is 31.0. The molecule has 0 unspecified atom stereocenters. The number of sulfonamides is 1. The summed E-state index contributed by atoms with van der Waals surface area (Å²) in [6.07, 6.45) is 3.42. The molecular formula is C17H22N4O4S. The van der Waals surface area contributed by atoms with Crippen molar-refractivity contribution >= 4 is 32.6 Å². The number of ether oxygens (including phenoxy) is 1. The molecule has 140 valence electrons. The summed E-state index contributed by atoms with van der Waals surface area (Å²) in [7, 11) is -1.77. The fraction of sp³-hybridized carbons (Fsp3) is 0.412. The normalized spacial score (nSPS) is 15.1. The molecule has 0 saturated carbocycles. The molecule has 0 atom stereocenters. The molecule has 0 spiro atoms. The summed E-state index contributed by atoms with van der Waals surface area (Å²) in [5.74, 6) is 0.481. The molecular weight excluding hydrogens is 356 g/mol. The van der Waals surface area contributed by atoms with Crippen LogP contribution in [0, 0.1) is 0 Å². The van der Waals surface area contributed by atoms with Gasteiger partial charge in [0.05, 0.1) is 24.1 Å². The first-order valence-corrected chi connectivity index (χ1v) is 10.1. The highest BCUT2D eigenvalue weighted by Crippen LogP contribution is 2.27. The monoisotopic (exact) mass is 378 g/mol. The van der Waals surface area contributed by atoms with E-state index in [1.807, 2.05) is 12.1 Å². The number of amides is 2. The summed E-state index contributed by atoms with van der Waals surface area (Å²) in [4.78, 5) is 16.4. The number of pyridine rings is 1. The van der Waals surface area contributed by atoms with Crippen LogP contribution in [-0.4, -0.2) is 56.2 Å². The number of benzene rings is 1. The number of nitrogens with one attached hydrogen (secondary N) is 2. The van der Waals surface area contributed by atoms with Crippen molar-refractivity contribution in [3.8, 4) is 5.75 Å². The van der Waals surface area contributed by atoms with Gasteiger partial charge in [0, 0.05) is 37.3 Å². The van der Waals surface area contributed by atoms with E-state index in [0.29, 0.717) is 30.0 Å². The number of fused-ring (bicyclic) bond motifs is 1. The zero-order chi connectivity index (χ0) is 18.6. The number of anilines is 1. The Morgan fingerprint density at radius 1 is 1.31 bits per heavy atom. The minimum absolute atomic E-state index is 0.0417. The van der Waals surface area contributed by atoms with Crippen molar-refractivity contribution in [2.75, 3.05) is 37.8 Å². The molecule has 0 aliphatic carbocycles. The van der Waals surface area contributed by atoms with Crippen molar-refractivity contribution in [2.24, 2.45) is 0 Å². The van der Waals surface area contributed by atoms with Gasteiger partial charge in [-0.05, 0) is 25.0 Å². The molecule has 9 heteroatoms. The Morgan fingerprint density at radius 2 is 2.08 bits per heavy atom. The molecule has 2 heterocycles. The third-order valence-electron chi connectivity index (χ3n) is 4.27. The molecule has 8 nitrogen and oxygen atoms in total. The van der Waals surface area contributed by atoms with Crippen LogP contribution in [0.3, 0.4) is 0 Å². The first-order valence-electron chi connectivity index (χ1n) is 8.45. The molecule has 1 saturated heterocycles. The lowest BCUT2D eigenvalue weighted by Crippen LogP contribution is -2.37. The third-order valence-corrected chi connectivity index (χ3v) is 6.14. The number of hydrogen-bond acceptors (Lipinski definition) is 5. The second-order valence-electron chi connectivity index (χ2n) is 6.05. The van der Waals surface area contributed by atoms with Gasteiger partial charge in [-0.1, -0.05) is 6.07 Å². The maximum atomic E-state index is 12.2. The second kappa shape index (κ2) is 7.88. The first kappa shape index (κ1) is 18.4. The number of carbonyl (C=O) groups is 1. The molecule has 1 fully saturated rings. The number of urea groups is 1. The standard InChI is InChI=1S/C17H22N4O4S/c1-25-14-11-13-5-4-6-18-16(13)15(12-14)20-17(22)19-7-10-26(23,24)21-8-2-3-9-21/h4-6,11-12H,2-3,7-10H2,1H3,(H2,19,20,22). The van der Waals surface area contributed by atoms with Crippen LogP contribution in [0.1, 0.15) is 12.8 Å². The van der Waals surface area contributed by atoms with E-state index in [1.165, 1.54) is 4.31 Å². The average molecular weight is 378 g/mol. The van der Waals surface area contributed by atoms with Gasteiger partial charge in [0.15, 0.2) is 0 Å². The van der Waals surface area contributed by atoms with Gasteiger partial charge in [0.25, 0.3) is 0 Å². The van der Waals surface area contributed by atoms with Crippen molar-refractivity contribution in [3.05, 3.63) is 30.5 Å². The fourth-order valence-electron chi connectivity index (χ4n) is 2.93.